The number of sulfone groups is 1. The van der Waals surface area contributed by atoms with E-state index in [0.717, 1.165) is 32.4 Å². The smallest absolute Gasteiger partial charge is 0.147 e. The van der Waals surface area contributed by atoms with Crippen molar-refractivity contribution in [1.82, 2.24) is 5.32 Å². The van der Waals surface area contributed by atoms with Gasteiger partial charge in [-0.25, -0.2) is 8.42 Å². The number of nitrogens with one attached hydrogen (secondary N) is 1. The highest BCUT2D eigenvalue weighted by Gasteiger charge is 2.12. The fraction of sp³-hybridized carbons (Fsp3) is 1.00. The van der Waals surface area contributed by atoms with Crippen molar-refractivity contribution in [2.45, 2.75) is 46.5 Å². The van der Waals surface area contributed by atoms with E-state index in [9.17, 15) is 8.42 Å². The maximum Gasteiger partial charge on any atom is 0.147 e. The minimum Gasteiger partial charge on any atom is -0.316 e. The third-order valence-corrected chi connectivity index (χ3v) is 3.82. The van der Waals surface area contributed by atoms with E-state index in [1.807, 2.05) is 0 Å². The lowest BCUT2D eigenvalue weighted by Crippen LogP contribution is -2.25. The average molecular weight is 263 g/mol. The van der Waals surface area contributed by atoms with Gasteiger partial charge in [-0.15, -0.1) is 0 Å². The molecule has 0 bridgehead atoms. The van der Waals surface area contributed by atoms with E-state index in [1.54, 1.807) is 0 Å². The van der Waals surface area contributed by atoms with Crippen LogP contribution in [0.25, 0.3) is 0 Å². The van der Waals surface area contributed by atoms with Gasteiger partial charge in [0.05, 0.1) is 0 Å². The van der Waals surface area contributed by atoms with E-state index in [2.05, 4.69) is 26.1 Å². The van der Waals surface area contributed by atoms with Gasteiger partial charge in [-0.05, 0) is 50.6 Å². The van der Waals surface area contributed by atoms with Gasteiger partial charge in [-0.1, -0.05) is 20.8 Å². The summed E-state index contributed by atoms with van der Waals surface area (Å²) in [6, 6.07) is 0. The summed E-state index contributed by atoms with van der Waals surface area (Å²) in [5.74, 6) is 1.63. The summed E-state index contributed by atoms with van der Waals surface area (Å²) in [7, 11) is -2.79. The summed E-state index contributed by atoms with van der Waals surface area (Å²) < 4.78 is 22.2. The molecule has 0 heterocycles. The van der Waals surface area contributed by atoms with Gasteiger partial charge in [-0.2, -0.15) is 0 Å². The lowest BCUT2D eigenvalue weighted by atomic mass is 9.93. The van der Waals surface area contributed by atoms with Gasteiger partial charge >= 0.3 is 0 Å². The minimum atomic E-state index is -2.79. The van der Waals surface area contributed by atoms with Crippen LogP contribution < -0.4 is 5.32 Å². The molecule has 0 rings (SSSR count). The summed E-state index contributed by atoms with van der Waals surface area (Å²) in [5, 5.41) is 3.44. The van der Waals surface area contributed by atoms with Crippen LogP contribution in [0.2, 0.25) is 0 Å². The van der Waals surface area contributed by atoms with Crippen molar-refractivity contribution in [2.24, 2.45) is 11.8 Å². The van der Waals surface area contributed by atoms with Gasteiger partial charge < -0.3 is 5.32 Å². The van der Waals surface area contributed by atoms with Crippen LogP contribution in [0.15, 0.2) is 0 Å². The fourth-order valence-corrected chi connectivity index (χ4v) is 2.78. The van der Waals surface area contributed by atoms with Crippen molar-refractivity contribution in [2.75, 3.05) is 25.1 Å². The van der Waals surface area contributed by atoms with Crippen molar-refractivity contribution < 1.29 is 8.42 Å². The molecule has 0 aromatic carbocycles. The van der Waals surface area contributed by atoms with Crippen molar-refractivity contribution in [3.8, 4) is 0 Å². The average Bonchev–Trinajstić information content (AvgIpc) is 2.14. The molecule has 0 spiro atoms. The summed E-state index contributed by atoms with van der Waals surface area (Å²) in [6.45, 7) is 8.69. The summed E-state index contributed by atoms with van der Waals surface area (Å²) in [5.41, 5.74) is 0. The molecule has 17 heavy (non-hydrogen) atoms. The maximum atomic E-state index is 11.1. The lowest BCUT2D eigenvalue weighted by Gasteiger charge is -2.19. The van der Waals surface area contributed by atoms with Crippen LogP contribution in [0, 0.1) is 11.8 Å². The molecule has 3 nitrogen and oxygen atoms in total. The molecule has 1 atom stereocenters. The molecule has 104 valence electrons. The first-order valence-electron chi connectivity index (χ1n) is 6.73. The van der Waals surface area contributed by atoms with E-state index >= 15 is 0 Å². The normalized spacial score (nSPS) is 14.2. The van der Waals surface area contributed by atoms with Gasteiger partial charge in [0.25, 0.3) is 0 Å². The number of rotatable bonds is 10. The van der Waals surface area contributed by atoms with Gasteiger partial charge in [0, 0.05) is 12.0 Å². The number of hydrogen-bond acceptors (Lipinski definition) is 3. The first-order chi connectivity index (χ1) is 7.85. The third-order valence-electron chi connectivity index (χ3n) is 2.79. The first kappa shape index (κ1) is 16.9. The van der Waals surface area contributed by atoms with Crippen LogP contribution in [-0.2, 0) is 9.84 Å². The largest absolute Gasteiger partial charge is 0.316 e. The standard InChI is InChI=1S/C13H29NO2S/c1-5-8-14-11-13(10-12(2)3)7-6-9-17(4,15)16/h12-14H,5-11H2,1-4H3. The molecule has 0 aromatic rings. The zero-order valence-electron chi connectivity index (χ0n) is 11.8. The molecule has 0 aromatic heterocycles. The summed E-state index contributed by atoms with van der Waals surface area (Å²) in [6.07, 6.45) is 5.46. The lowest BCUT2D eigenvalue weighted by molar-refractivity contribution is 0.364. The fourth-order valence-electron chi connectivity index (χ4n) is 2.09. The molecule has 0 aliphatic carbocycles. The van der Waals surface area contributed by atoms with Crippen LogP contribution in [0.3, 0.4) is 0 Å². The summed E-state index contributed by atoms with van der Waals surface area (Å²) >= 11 is 0. The predicted molar refractivity (Wildman–Crippen MR) is 75.1 cm³/mol. The van der Waals surface area contributed by atoms with Crippen LogP contribution >= 0.6 is 0 Å². The molecular formula is C13H29NO2S. The second-order valence-corrected chi connectivity index (χ2v) is 7.73. The molecule has 4 heteroatoms. The Bertz CT molecular complexity index is 273. The highest BCUT2D eigenvalue weighted by Crippen LogP contribution is 2.17. The molecule has 0 radical (unpaired) electrons. The van der Waals surface area contributed by atoms with Crippen molar-refractivity contribution in [1.29, 1.82) is 0 Å². The second-order valence-electron chi connectivity index (χ2n) is 5.47. The Morgan fingerprint density at radius 2 is 1.88 bits per heavy atom. The predicted octanol–water partition coefficient (Wildman–Crippen LogP) is 2.47. The minimum absolute atomic E-state index is 0.329. The Kier molecular flexibility index (Phi) is 8.88. The van der Waals surface area contributed by atoms with Crippen molar-refractivity contribution >= 4 is 9.84 Å². The zero-order chi connectivity index (χ0) is 13.3. The molecule has 1 unspecified atom stereocenters. The SMILES string of the molecule is CCCNCC(CCCS(C)(=O)=O)CC(C)C. The molecule has 0 aliphatic heterocycles. The highest BCUT2D eigenvalue weighted by atomic mass is 32.2. The van der Waals surface area contributed by atoms with Crippen molar-refractivity contribution in [3.63, 3.8) is 0 Å². The van der Waals surface area contributed by atoms with E-state index < -0.39 is 9.84 Å². The van der Waals surface area contributed by atoms with Gasteiger partial charge in [-0.3, -0.25) is 0 Å². The Labute approximate surface area is 107 Å². The van der Waals surface area contributed by atoms with Gasteiger partial charge in [0.2, 0.25) is 0 Å². The van der Waals surface area contributed by atoms with E-state index in [4.69, 9.17) is 0 Å². The highest BCUT2D eigenvalue weighted by molar-refractivity contribution is 7.90. The van der Waals surface area contributed by atoms with Crippen LogP contribution in [0.1, 0.15) is 46.5 Å². The van der Waals surface area contributed by atoms with E-state index in [-0.39, 0.29) is 0 Å². The Morgan fingerprint density at radius 3 is 2.35 bits per heavy atom. The Morgan fingerprint density at radius 1 is 1.24 bits per heavy atom. The molecular weight excluding hydrogens is 234 g/mol. The molecule has 1 N–H and O–H groups in total. The Balaban J connectivity index is 3.92. The van der Waals surface area contributed by atoms with Crippen LogP contribution in [0.4, 0.5) is 0 Å². The molecule has 0 saturated carbocycles. The van der Waals surface area contributed by atoms with Gasteiger partial charge in [0.15, 0.2) is 0 Å². The van der Waals surface area contributed by atoms with Crippen molar-refractivity contribution in [3.05, 3.63) is 0 Å². The molecule has 0 fully saturated rings. The second kappa shape index (κ2) is 8.92. The topological polar surface area (TPSA) is 46.2 Å². The third kappa shape index (κ3) is 12.2. The first-order valence-corrected chi connectivity index (χ1v) is 8.79. The maximum absolute atomic E-state index is 11.1. The monoisotopic (exact) mass is 263 g/mol. The molecule has 0 saturated heterocycles. The zero-order valence-corrected chi connectivity index (χ0v) is 12.6. The Hall–Kier alpha value is -0.0900. The van der Waals surface area contributed by atoms with E-state index in [1.165, 1.54) is 12.7 Å². The van der Waals surface area contributed by atoms with Gasteiger partial charge in [0.1, 0.15) is 9.84 Å². The summed E-state index contributed by atoms with van der Waals surface area (Å²) in [4.78, 5) is 0. The van der Waals surface area contributed by atoms with E-state index in [0.29, 0.717) is 17.6 Å². The molecule has 0 amide bonds. The quantitative estimate of drug-likeness (QED) is 0.616. The number of hydrogen-bond donors (Lipinski definition) is 1. The molecule has 0 aliphatic rings. The van der Waals surface area contributed by atoms with Crippen LogP contribution in [0.5, 0.6) is 0 Å². The van der Waals surface area contributed by atoms with Crippen LogP contribution in [-0.4, -0.2) is 33.5 Å².